The molecule has 1 fully saturated rings. The summed E-state index contributed by atoms with van der Waals surface area (Å²) in [6.07, 6.45) is 0.930. The summed E-state index contributed by atoms with van der Waals surface area (Å²) in [5.41, 5.74) is 2.45. The van der Waals surface area contributed by atoms with Gasteiger partial charge in [-0.25, -0.2) is 0 Å². The summed E-state index contributed by atoms with van der Waals surface area (Å²) in [5.74, 6) is 0. The zero-order valence-corrected chi connectivity index (χ0v) is 9.71. The van der Waals surface area contributed by atoms with E-state index in [0.29, 0.717) is 6.04 Å². The van der Waals surface area contributed by atoms with E-state index in [4.69, 9.17) is 4.74 Å². The van der Waals surface area contributed by atoms with E-state index < -0.39 is 0 Å². The van der Waals surface area contributed by atoms with E-state index in [0.717, 1.165) is 13.0 Å². The quantitative estimate of drug-likeness (QED) is 0.799. The van der Waals surface area contributed by atoms with Gasteiger partial charge < -0.3 is 4.74 Å². The van der Waals surface area contributed by atoms with Crippen LogP contribution in [0, 0.1) is 6.92 Å². The van der Waals surface area contributed by atoms with Crippen molar-refractivity contribution in [1.82, 2.24) is 5.32 Å². The third-order valence-corrected chi connectivity index (χ3v) is 2.83. The highest BCUT2D eigenvalue weighted by Gasteiger charge is 2.33. The molecule has 2 nitrogen and oxygen atoms in total. The standard InChI is InChI=1S/C13H19NO/c1-10-5-4-6-12(7-10)8-13(3)14-11(2)9-15-13/h4-7,11,14H,8-9H2,1-3H3. The Kier molecular flexibility index (Phi) is 2.81. The highest BCUT2D eigenvalue weighted by Crippen LogP contribution is 2.21. The predicted molar refractivity (Wildman–Crippen MR) is 61.8 cm³/mol. The fraction of sp³-hybridized carbons (Fsp3) is 0.538. The average Bonchev–Trinajstić information content (AvgIpc) is 2.45. The smallest absolute Gasteiger partial charge is 0.120 e. The van der Waals surface area contributed by atoms with Crippen LogP contribution in [0.2, 0.25) is 0 Å². The van der Waals surface area contributed by atoms with Crippen LogP contribution in [0.1, 0.15) is 25.0 Å². The van der Waals surface area contributed by atoms with Gasteiger partial charge in [0, 0.05) is 12.5 Å². The normalized spacial score (nSPS) is 30.7. The van der Waals surface area contributed by atoms with Gasteiger partial charge in [-0.1, -0.05) is 29.8 Å². The van der Waals surface area contributed by atoms with Crippen molar-refractivity contribution in [3.05, 3.63) is 35.4 Å². The molecule has 1 heterocycles. The summed E-state index contributed by atoms with van der Waals surface area (Å²) in [6, 6.07) is 9.06. The second-order valence-electron chi connectivity index (χ2n) is 4.75. The summed E-state index contributed by atoms with van der Waals surface area (Å²) in [4.78, 5) is 0. The monoisotopic (exact) mass is 205 g/mol. The zero-order chi connectivity index (χ0) is 10.9. The number of hydrogen-bond donors (Lipinski definition) is 1. The maximum absolute atomic E-state index is 5.79. The molecule has 2 rings (SSSR count). The van der Waals surface area contributed by atoms with Crippen LogP contribution < -0.4 is 5.32 Å². The van der Waals surface area contributed by atoms with E-state index in [1.165, 1.54) is 11.1 Å². The van der Waals surface area contributed by atoms with E-state index in [-0.39, 0.29) is 5.72 Å². The number of ether oxygens (including phenoxy) is 1. The van der Waals surface area contributed by atoms with E-state index in [1.807, 2.05) is 0 Å². The maximum Gasteiger partial charge on any atom is 0.120 e. The van der Waals surface area contributed by atoms with Crippen molar-refractivity contribution < 1.29 is 4.74 Å². The number of benzene rings is 1. The molecule has 0 radical (unpaired) electrons. The van der Waals surface area contributed by atoms with E-state index in [1.54, 1.807) is 0 Å². The Bertz CT molecular complexity index is 350. The number of nitrogens with one attached hydrogen (secondary N) is 1. The molecule has 0 spiro atoms. The van der Waals surface area contributed by atoms with Crippen LogP contribution >= 0.6 is 0 Å². The van der Waals surface area contributed by atoms with Gasteiger partial charge >= 0.3 is 0 Å². The lowest BCUT2D eigenvalue weighted by Gasteiger charge is -2.24. The van der Waals surface area contributed by atoms with Crippen molar-refractivity contribution >= 4 is 0 Å². The first-order valence-corrected chi connectivity index (χ1v) is 5.55. The number of hydrogen-bond acceptors (Lipinski definition) is 2. The van der Waals surface area contributed by atoms with E-state index in [9.17, 15) is 0 Å². The minimum Gasteiger partial charge on any atom is -0.359 e. The molecule has 1 aliphatic heterocycles. The summed E-state index contributed by atoms with van der Waals surface area (Å²) in [5, 5.41) is 3.48. The Labute approximate surface area is 91.6 Å². The second kappa shape index (κ2) is 3.95. The van der Waals surface area contributed by atoms with Gasteiger partial charge in [-0.3, -0.25) is 5.32 Å². The van der Waals surface area contributed by atoms with Gasteiger partial charge in [0.05, 0.1) is 6.61 Å². The molecule has 0 aliphatic carbocycles. The van der Waals surface area contributed by atoms with Crippen LogP contribution in [-0.2, 0) is 11.2 Å². The highest BCUT2D eigenvalue weighted by atomic mass is 16.5. The Balaban J connectivity index is 2.08. The molecule has 1 aromatic rings. The Morgan fingerprint density at radius 2 is 2.33 bits per heavy atom. The first-order chi connectivity index (χ1) is 7.07. The topological polar surface area (TPSA) is 21.3 Å². The van der Waals surface area contributed by atoms with Crippen LogP contribution in [-0.4, -0.2) is 18.4 Å². The first-order valence-electron chi connectivity index (χ1n) is 5.55. The van der Waals surface area contributed by atoms with Gasteiger partial charge in [0.2, 0.25) is 0 Å². The van der Waals surface area contributed by atoms with Crippen molar-refractivity contribution in [2.24, 2.45) is 0 Å². The SMILES string of the molecule is Cc1cccc(CC2(C)NC(C)CO2)c1. The van der Waals surface area contributed by atoms with E-state index in [2.05, 4.69) is 50.4 Å². The molecule has 0 aromatic heterocycles. The summed E-state index contributed by atoms with van der Waals surface area (Å²) >= 11 is 0. The highest BCUT2D eigenvalue weighted by molar-refractivity contribution is 5.23. The fourth-order valence-corrected chi connectivity index (χ4v) is 2.23. The number of aryl methyl sites for hydroxylation is 1. The molecular weight excluding hydrogens is 186 g/mol. The molecule has 2 heteroatoms. The van der Waals surface area contributed by atoms with Crippen molar-refractivity contribution in [2.75, 3.05) is 6.61 Å². The summed E-state index contributed by atoms with van der Waals surface area (Å²) in [6.45, 7) is 7.21. The van der Waals surface area contributed by atoms with Gasteiger partial charge in [-0.05, 0) is 26.3 Å². The largest absolute Gasteiger partial charge is 0.359 e. The van der Waals surface area contributed by atoms with Gasteiger partial charge in [0.15, 0.2) is 0 Å². The number of rotatable bonds is 2. The van der Waals surface area contributed by atoms with Gasteiger partial charge in [0.1, 0.15) is 5.72 Å². The van der Waals surface area contributed by atoms with Crippen LogP contribution in [0.3, 0.4) is 0 Å². The van der Waals surface area contributed by atoms with Gasteiger partial charge in [-0.2, -0.15) is 0 Å². The van der Waals surface area contributed by atoms with E-state index >= 15 is 0 Å². The summed E-state index contributed by atoms with van der Waals surface area (Å²) in [7, 11) is 0. The van der Waals surface area contributed by atoms with Crippen LogP contribution in [0.4, 0.5) is 0 Å². The molecule has 2 atom stereocenters. The van der Waals surface area contributed by atoms with Crippen LogP contribution in [0.5, 0.6) is 0 Å². The maximum atomic E-state index is 5.79. The molecule has 0 amide bonds. The molecule has 2 unspecified atom stereocenters. The molecule has 0 saturated carbocycles. The van der Waals surface area contributed by atoms with Crippen molar-refractivity contribution in [3.63, 3.8) is 0 Å². The Hall–Kier alpha value is -0.860. The van der Waals surface area contributed by atoms with Crippen molar-refractivity contribution in [1.29, 1.82) is 0 Å². The van der Waals surface area contributed by atoms with Crippen LogP contribution in [0.15, 0.2) is 24.3 Å². The minimum absolute atomic E-state index is 0.187. The van der Waals surface area contributed by atoms with Crippen molar-refractivity contribution in [3.8, 4) is 0 Å². The van der Waals surface area contributed by atoms with Crippen LogP contribution in [0.25, 0.3) is 0 Å². The zero-order valence-electron chi connectivity index (χ0n) is 9.71. The minimum atomic E-state index is -0.187. The predicted octanol–water partition coefficient (Wildman–Crippen LogP) is 2.26. The lowest BCUT2D eigenvalue weighted by molar-refractivity contribution is 0.00690. The van der Waals surface area contributed by atoms with Gasteiger partial charge in [-0.15, -0.1) is 0 Å². The lowest BCUT2D eigenvalue weighted by atomic mass is 10.0. The third-order valence-electron chi connectivity index (χ3n) is 2.83. The first kappa shape index (κ1) is 10.7. The molecule has 15 heavy (non-hydrogen) atoms. The third kappa shape index (κ3) is 2.58. The Morgan fingerprint density at radius 3 is 2.93 bits per heavy atom. The Morgan fingerprint density at radius 1 is 1.53 bits per heavy atom. The lowest BCUT2D eigenvalue weighted by Crippen LogP contribution is -2.42. The molecule has 1 aliphatic rings. The molecular formula is C13H19NO. The van der Waals surface area contributed by atoms with Crippen molar-refractivity contribution in [2.45, 2.75) is 39.0 Å². The molecule has 1 saturated heterocycles. The summed E-state index contributed by atoms with van der Waals surface area (Å²) < 4.78 is 5.79. The molecule has 0 bridgehead atoms. The molecule has 82 valence electrons. The fourth-order valence-electron chi connectivity index (χ4n) is 2.23. The molecule has 1 N–H and O–H groups in total. The second-order valence-corrected chi connectivity index (χ2v) is 4.75. The average molecular weight is 205 g/mol. The van der Waals surface area contributed by atoms with Gasteiger partial charge in [0.25, 0.3) is 0 Å². The molecule has 1 aromatic carbocycles.